The van der Waals surface area contributed by atoms with Crippen LogP contribution in [0.15, 0.2) is 18.2 Å². The van der Waals surface area contributed by atoms with E-state index in [1.54, 1.807) is 44.0 Å². The van der Waals surface area contributed by atoms with Crippen molar-refractivity contribution in [1.82, 2.24) is 0 Å². The van der Waals surface area contributed by atoms with Crippen molar-refractivity contribution in [3.63, 3.8) is 0 Å². The smallest absolute Gasteiger partial charge is 0.270 e. The fraction of sp³-hybridized carbons (Fsp3) is 0.364. The van der Waals surface area contributed by atoms with Gasteiger partial charge in [-0.15, -0.1) is 0 Å². The first-order chi connectivity index (χ1) is 6.92. The molecule has 0 unspecified atom stereocenters. The van der Waals surface area contributed by atoms with E-state index in [0.717, 1.165) is 0 Å². The first kappa shape index (κ1) is 10.3. The summed E-state index contributed by atoms with van der Waals surface area (Å²) >= 11 is 5.87. The molecule has 0 fully saturated rings. The van der Waals surface area contributed by atoms with Crippen molar-refractivity contribution >= 4 is 23.2 Å². The number of amides is 1. The van der Waals surface area contributed by atoms with Gasteiger partial charge in [-0.05, 0) is 32.0 Å². The highest BCUT2D eigenvalue weighted by atomic mass is 35.5. The third-order valence-electron chi connectivity index (χ3n) is 2.47. The number of hydrogen-bond donors (Lipinski definition) is 0. The number of ether oxygens (including phenoxy) is 1. The molecule has 2 rings (SSSR count). The van der Waals surface area contributed by atoms with Gasteiger partial charge in [-0.25, -0.2) is 0 Å². The number of fused-ring (bicyclic) bond motifs is 1. The van der Waals surface area contributed by atoms with Crippen molar-refractivity contribution in [3.8, 4) is 5.75 Å². The van der Waals surface area contributed by atoms with E-state index >= 15 is 0 Å². The summed E-state index contributed by atoms with van der Waals surface area (Å²) in [6, 6.07) is 5.26. The molecule has 80 valence electrons. The molecule has 4 heteroatoms. The Labute approximate surface area is 93.6 Å². The zero-order valence-electron chi connectivity index (χ0n) is 8.87. The molecular weight excluding hydrogens is 214 g/mol. The molecule has 0 radical (unpaired) electrons. The molecule has 1 aromatic carbocycles. The second-order valence-electron chi connectivity index (χ2n) is 4.09. The van der Waals surface area contributed by atoms with Gasteiger partial charge in [-0.3, -0.25) is 4.79 Å². The molecule has 0 spiro atoms. The van der Waals surface area contributed by atoms with Crippen LogP contribution < -0.4 is 9.64 Å². The number of rotatable bonds is 0. The molecule has 0 bridgehead atoms. The van der Waals surface area contributed by atoms with Crippen LogP contribution >= 0.6 is 11.6 Å². The van der Waals surface area contributed by atoms with E-state index in [0.29, 0.717) is 16.5 Å². The summed E-state index contributed by atoms with van der Waals surface area (Å²) in [5, 5.41) is 0.594. The van der Waals surface area contributed by atoms with Gasteiger partial charge in [0.15, 0.2) is 5.60 Å². The van der Waals surface area contributed by atoms with E-state index in [1.807, 2.05) is 0 Å². The minimum absolute atomic E-state index is 0.0720. The van der Waals surface area contributed by atoms with Crippen LogP contribution in [-0.2, 0) is 4.79 Å². The van der Waals surface area contributed by atoms with Gasteiger partial charge >= 0.3 is 0 Å². The standard InChI is InChI=1S/C11H12ClNO2/c1-11(2)10(14)13(3)8-6-7(12)4-5-9(8)15-11/h4-6H,1-3H3. The van der Waals surface area contributed by atoms with E-state index in [-0.39, 0.29) is 5.91 Å². The Balaban J connectivity index is 2.55. The van der Waals surface area contributed by atoms with Crippen molar-refractivity contribution < 1.29 is 9.53 Å². The predicted octanol–water partition coefficient (Wildman–Crippen LogP) is 2.47. The van der Waals surface area contributed by atoms with Gasteiger partial charge in [-0.2, -0.15) is 0 Å². The van der Waals surface area contributed by atoms with E-state index in [2.05, 4.69) is 0 Å². The second-order valence-corrected chi connectivity index (χ2v) is 4.53. The maximum absolute atomic E-state index is 11.9. The highest BCUT2D eigenvalue weighted by Gasteiger charge is 2.39. The molecule has 1 heterocycles. The largest absolute Gasteiger partial charge is 0.476 e. The van der Waals surface area contributed by atoms with Crippen LogP contribution in [0.25, 0.3) is 0 Å². The second kappa shape index (κ2) is 3.14. The summed E-state index contributed by atoms with van der Waals surface area (Å²) in [4.78, 5) is 13.5. The summed E-state index contributed by atoms with van der Waals surface area (Å²) in [6.45, 7) is 3.51. The van der Waals surface area contributed by atoms with Crippen LogP contribution in [-0.4, -0.2) is 18.6 Å². The summed E-state index contributed by atoms with van der Waals surface area (Å²) in [5.74, 6) is 0.615. The molecule has 1 amide bonds. The van der Waals surface area contributed by atoms with Gasteiger partial charge in [-0.1, -0.05) is 11.6 Å². The van der Waals surface area contributed by atoms with Gasteiger partial charge < -0.3 is 9.64 Å². The molecule has 1 aromatic rings. The molecule has 0 saturated heterocycles. The van der Waals surface area contributed by atoms with Gasteiger partial charge in [0.1, 0.15) is 5.75 Å². The van der Waals surface area contributed by atoms with E-state index in [9.17, 15) is 4.79 Å². The summed E-state index contributed by atoms with van der Waals surface area (Å²) in [7, 11) is 1.72. The van der Waals surface area contributed by atoms with Crippen molar-refractivity contribution in [2.45, 2.75) is 19.4 Å². The van der Waals surface area contributed by atoms with Crippen LogP contribution in [0.5, 0.6) is 5.75 Å². The number of hydrogen-bond acceptors (Lipinski definition) is 2. The Morgan fingerprint density at radius 2 is 2.07 bits per heavy atom. The Bertz CT molecular complexity index is 429. The van der Waals surface area contributed by atoms with Gasteiger partial charge in [0.25, 0.3) is 5.91 Å². The van der Waals surface area contributed by atoms with E-state index in [1.165, 1.54) is 0 Å². The molecular formula is C11H12ClNO2. The van der Waals surface area contributed by atoms with Crippen molar-refractivity contribution in [3.05, 3.63) is 23.2 Å². The van der Waals surface area contributed by atoms with Crippen molar-refractivity contribution in [2.75, 3.05) is 11.9 Å². The zero-order valence-corrected chi connectivity index (χ0v) is 9.63. The molecule has 1 aliphatic heterocycles. The average molecular weight is 226 g/mol. The highest BCUT2D eigenvalue weighted by Crippen LogP contribution is 2.38. The average Bonchev–Trinajstić information content (AvgIpc) is 2.16. The van der Waals surface area contributed by atoms with Crippen LogP contribution in [0.2, 0.25) is 5.02 Å². The maximum atomic E-state index is 11.9. The number of halogens is 1. The summed E-state index contributed by atoms with van der Waals surface area (Å²) < 4.78 is 5.61. The molecule has 0 atom stereocenters. The summed E-state index contributed by atoms with van der Waals surface area (Å²) in [5.41, 5.74) is -0.0953. The number of carbonyl (C=O) groups is 1. The number of benzene rings is 1. The Morgan fingerprint density at radius 1 is 1.40 bits per heavy atom. The molecule has 0 N–H and O–H groups in total. The SMILES string of the molecule is CN1C(=O)C(C)(C)Oc2ccc(Cl)cc21. The van der Waals surface area contributed by atoms with Crippen LogP contribution in [0, 0.1) is 0 Å². The number of likely N-dealkylation sites (N-methyl/N-ethyl adjacent to an activating group) is 1. The Hall–Kier alpha value is -1.22. The van der Waals surface area contributed by atoms with Crippen LogP contribution in [0.1, 0.15) is 13.8 Å². The lowest BCUT2D eigenvalue weighted by Crippen LogP contribution is -2.50. The van der Waals surface area contributed by atoms with E-state index < -0.39 is 5.60 Å². The third kappa shape index (κ3) is 1.57. The normalized spacial score (nSPS) is 18.4. The fourth-order valence-electron chi connectivity index (χ4n) is 1.67. The predicted molar refractivity (Wildman–Crippen MR) is 59.6 cm³/mol. The van der Waals surface area contributed by atoms with E-state index in [4.69, 9.17) is 16.3 Å². The van der Waals surface area contributed by atoms with Gasteiger partial charge in [0.2, 0.25) is 0 Å². The number of carbonyl (C=O) groups excluding carboxylic acids is 1. The molecule has 0 aliphatic carbocycles. The van der Waals surface area contributed by atoms with Crippen molar-refractivity contribution in [2.24, 2.45) is 0 Å². The monoisotopic (exact) mass is 225 g/mol. The Morgan fingerprint density at radius 3 is 2.73 bits per heavy atom. The third-order valence-corrected chi connectivity index (χ3v) is 2.70. The number of nitrogens with zero attached hydrogens (tertiary/aromatic N) is 1. The molecule has 1 aliphatic rings. The molecule has 15 heavy (non-hydrogen) atoms. The zero-order chi connectivity index (χ0) is 11.2. The minimum atomic E-state index is -0.810. The summed E-state index contributed by atoms with van der Waals surface area (Å²) in [6.07, 6.45) is 0. The van der Waals surface area contributed by atoms with Crippen LogP contribution in [0.4, 0.5) is 5.69 Å². The van der Waals surface area contributed by atoms with Gasteiger partial charge in [0.05, 0.1) is 5.69 Å². The Kier molecular flexibility index (Phi) is 2.15. The highest BCUT2D eigenvalue weighted by molar-refractivity contribution is 6.31. The molecule has 0 aromatic heterocycles. The van der Waals surface area contributed by atoms with Crippen molar-refractivity contribution in [1.29, 1.82) is 0 Å². The molecule has 0 saturated carbocycles. The quantitative estimate of drug-likeness (QED) is 0.679. The minimum Gasteiger partial charge on any atom is -0.476 e. The molecule has 3 nitrogen and oxygen atoms in total. The lowest BCUT2D eigenvalue weighted by atomic mass is 10.0. The van der Waals surface area contributed by atoms with Crippen LogP contribution in [0.3, 0.4) is 0 Å². The first-order valence-electron chi connectivity index (χ1n) is 4.68. The first-order valence-corrected chi connectivity index (χ1v) is 5.06. The fourth-order valence-corrected chi connectivity index (χ4v) is 1.84. The van der Waals surface area contributed by atoms with Gasteiger partial charge in [0, 0.05) is 12.1 Å². The lowest BCUT2D eigenvalue weighted by Gasteiger charge is -2.36. The topological polar surface area (TPSA) is 29.5 Å². The number of anilines is 1. The lowest BCUT2D eigenvalue weighted by molar-refractivity contribution is -0.132. The maximum Gasteiger partial charge on any atom is 0.270 e.